The van der Waals surface area contributed by atoms with Gasteiger partial charge in [-0.15, -0.1) is 11.8 Å². The fraction of sp³-hybridized carbons (Fsp3) is 0.632. The molecule has 0 bridgehead atoms. The average molecular weight is 350 g/mol. The fourth-order valence-corrected chi connectivity index (χ4v) is 3.96. The fourth-order valence-electron chi connectivity index (χ4n) is 3.05. The van der Waals surface area contributed by atoms with Gasteiger partial charge in [0.1, 0.15) is 0 Å². The maximum Gasteiger partial charge on any atom is 0.233 e. The number of thioether (sulfide) groups is 1. The van der Waals surface area contributed by atoms with E-state index >= 15 is 0 Å². The molecule has 1 aromatic rings. The van der Waals surface area contributed by atoms with Crippen molar-refractivity contribution in [1.29, 1.82) is 0 Å². The first-order valence-corrected chi connectivity index (χ1v) is 9.77. The number of carbonyl (C=O) groups excluding carboxylic acids is 1. The Balaban J connectivity index is 1.83. The summed E-state index contributed by atoms with van der Waals surface area (Å²) >= 11 is 1.62. The zero-order valence-corrected chi connectivity index (χ0v) is 16.2. The number of hydrogen-bond acceptors (Lipinski definition) is 4. The summed E-state index contributed by atoms with van der Waals surface area (Å²) in [6.07, 6.45) is 0. The molecular weight excluding hydrogens is 318 g/mol. The van der Waals surface area contributed by atoms with Crippen molar-refractivity contribution in [2.45, 2.75) is 37.0 Å². The lowest BCUT2D eigenvalue weighted by molar-refractivity contribution is -0.120. The summed E-state index contributed by atoms with van der Waals surface area (Å²) in [6.45, 7) is 11.6. The molecule has 1 aliphatic rings. The van der Waals surface area contributed by atoms with E-state index in [1.54, 1.807) is 11.8 Å². The standard InChI is InChI=1S/C19H31N3OS/c1-15(2)18(22-12-10-21(4)11-13-22)14-20-19(23)16(3)24-17-8-6-5-7-9-17/h5-9,15-16,18H,10-14H2,1-4H3,(H,20,23). The Labute approximate surface area is 151 Å². The van der Waals surface area contributed by atoms with Gasteiger partial charge in [-0.1, -0.05) is 32.0 Å². The highest BCUT2D eigenvalue weighted by molar-refractivity contribution is 8.00. The van der Waals surface area contributed by atoms with Crippen LogP contribution in [0.5, 0.6) is 0 Å². The molecule has 0 aromatic heterocycles. The highest BCUT2D eigenvalue weighted by atomic mass is 32.2. The van der Waals surface area contributed by atoms with E-state index in [-0.39, 0.29) is 11.2 Å². The van der Waals surface area contributed by atoms with Gasteiger partial charge in [-0.25, -0.2) is 0 Å². The van der Waals surface area contributed by atoms with Crippen LogP contribution in [0.3, 0.4) is 0 Å². The van der Waals surface area contributed by atoms with Gasteiger partial charge in [-0.05, 0) is 32.0 Å². The molecule has 1 saturated heterocycles. The molecule has 0 saturated carbocycles. The van der Waals surface area contributed by atoms with E-state index in [1.165, 1.54) is 0 Å². The number of hydrogen-bond donors (Lipinski definition) is 1. The molecule has 1 aromatic carbocycles. The van der Waals surface area contributed by atoms with Gasteiger partial charge in [-0.3, -0.25) is 9.69 Å². The van der Waals surface area contributed by atoms with Crippen LogP contribution < -0.4 is 5.32 Å². The van der Waals surface area contributed by atoms with Crippen LogP contribution in [0, 0.1) is 5.92 Å². The molecule has 24 heavy (non-hydrogen) atoms. The van der Waals surface area contributed by atoms with Crippen LogP contribution in [0.15, 0.2) is 35.2 Å². The number of nitrogens with zero attached hydrogens (tertiary/aromatic N) is 2. The van der Waals surface area contributed by atoms with E-state index in [9.17, 15) is 4.79 Å². The number of rotatable bonds is 7. The van der Waals surface area contributed by atoms with E-state index in [1.807, 2.05) is 25.1 Å². The minimum atomic E-state index is -0.0762. The Morgan fingerprint density at radius 3 is 2.33 bits per heavy atom. The van der Waals surface area contributed by atoms with Crippen molar-refractivity contribution in [2.24, 2.45) is 5.92 Å². The second-order valence-corrected chi connectivity index (χ2v) is 8.38. The number of benzene rings is 1. The van der Waals surface area contributed by atoms with Crippen molar-refractivity contribution in [3.8, 4) is 0 Å². The molecule has 1 aliphatic heterocycles. The molecule has 1 fully saturated rings. The topological polar surface area (TPSA) is 35.6 Å². The van der Waals surface area contributed by atoms with E-state index in [0.29, 0.717) is 12.0 Å². The maximum absolute atomic E-state index is 12.5. The van der Waals surface area contributed by atoms with Gasteiger partial charge in [0.05, 0.1) is 5.25 Å². The normalized spacial score (nSPS) is 19.2. The molecule has 134 valence electrons. The molecule has 0 spiro atoms. The summed E-state index contributed by atoms with van der Waals surface area (Å²) in [4.78, 5) is 18.5. The number of nitrogens with one attached hydrogen (secondary N) is 1. The van der Waals surface area contributed by atoms with Crippen molar-refractivity contribution in [3.63, 3.8) is 0 Å². The summed E-state index contributed by atoms with van der Waals surface area (Å²) in [5.41, 5.74) is 0. The summed E-state index contributed by atoms with van der Waals surface area (Å²) in [6, 6.07) is 10.5. The molecular formula is C19H31N3OS. The van der Waals surface area contributed by atoms with E-state index in [2.05, 4.69) is 48.1 Å². The number of piperazine rings is 1. The average Bonchev–Trinajstić information content (AvgIpc) is 2.57. The van der Waals surface area contributed by atoms with Crippen molar-refractivity contribution >= 4 is 17.7 Å². The van der Waals surface area contributed by atoms with Crippen LogP contribution >= 0.6 is 11.8 Å². The number of carbonyl (C=O) groups is 1. The molecule has 0 aliphatic carbocycles. The third-order valence-corrected chi connectivity index (χ3v) is 5.80. The van der Waals surface area contributed by atoms with Crippen LogP contribution in [-0.4, -0.2) is 66.8 Å². The van der Waals surface area contributed by atoms with E-state index in [4.69, 9.17) is 0 Å². The molecule has 4 nitrogen and oxygen atoms in total. The van der Waals surface area contributed by atoms with Crippen LogP contribution in [0.1, 0.15) is 20.8 Å². The third kappa shape index (κ3) is 5.80. The smallest absolute Gasteiger partial charge is 0.233 e. The minimum Gasteiger partial charge on any atom is -0.354 e. The second kappa shape index (κ2) is 9.44. The van der Waals surface area contributed by atoms with Gasteiger partial charge in [0, 0.05) is 43.7 Å². The van der Waals surface area contributed by atoms with E-state index in [0.717, 1.165) is 37.6 Å². The van der Waals surface area contributed by atoms with Crippen molar-refractivity contribution in [2.75, 3.05) is 39.8 Å². The van der Waals surface area contributed by atoms with Gasteiger partial charge >= 0.3 is 0 Å². The first-order chi connectivity index (χ1) is 11.5. The Bertz CT molecular complexity index is 501. The molecule has 0 radical (unpaired) electrons. The Morgan fingerprint density at radius 2 is 1.75 bits per heavy atom. The maximum atomic E-state index is 12.5. The molecule has 2 rings (SSSR count). The molecule has 2 unspecified atom stereocenters. The molecule has 1 N–H and O–H groups in total. The quantitative estimate of drug-likeness (QED) is 0.768. The molecule has 5 heteroatoms. The number of likely N-dealkylation sites (N-methyl/N-ethyl adjacent to an activating group) is 1. The van der Waals surface area contributed by atoms with Crippen LogP contribution in [0.4, 0.5) is 0 Å². The zero-order chi connectivity index (χ0) is 17.5. The SMILES string of the molecule is CC(Sc1ccccc1)C(=O)NCC(C(C)C)N1CCN(C)CC1. The van der Waals surface area contributed by atoms with Gasteiger partial charge in [0.15, 0.2) is 0 Å². The highest BCUT2D eigenvalue weighted by Gasteiger charge is 2.26. The Hall–Kier alpha value is -1.04. The summed E-state index contributed by atoms with van der Waals surface area (Å²) in [7, 11) is 2.17. The van der Waals surface area contributed by atoms with Gasteiger partial charge < -0.3 is 10.2 Å². The molecule has 2 atom stereocenters. The highest BCUT2D eigenvalue weighted by Crippen LogP contribution is 2.22. The van der Waals surface area contributed by atoms with Crippen molar-refractivity contribution in [1.82, 2.24) is 15.1 Å². The predicted molar refractivity (Wildman–Crippen MR) is 102 cm³/mol. The number of amides is 1. The Morgan fingerprint density at radius 1 is 1.12 bits per heavy atom. The van der Waals surface area contributed by atoms with Gasteiger partial charge in [0.25, 0.3) is 0 Å². The van der Waals surface area contributed by atoms with Gasteiger partial charge in [-0.2, -0.15) is 0 Å². The molecule has 1 heterocycles. The summed E-state index contributed by atoms with van der Waals surface area (Å²) in [5, 5.41) is 3.10. The molecule has 1 amide bonds. The third-order valence-electron chi connectivity index (χ3n) is 4.69. The van der Waals surface area contributed by atoms with Crippen molar-refractivity contribution in [3.05, 3.63) is 30.3 Å². The lowest BCUT2D eigenvalue weighted by atomic mass is 10.0. The lowest BCUT2D eigenvalue weighted by Gasteiger charge is -2.40. The monoisotopic (exact) mass is 349 g/mol. The Kier molecular flexibility index (Phi) is 7.59. The van der Waals surface area contributed by atoms with E-state index < -0.39 is 0 Å². The largest absolute Gasteiger partial charge is 0.354 e. The summed E-state index contributed by atoms with van der Waals surface area (Å²) in [5.74, 6) is 0.661. The van der Waals surface area contributed by atoms with Crippen molar-refractivity contribution < 1.29 is 4.79 Å². The predicted octanol–water partition coefficient (Wildman–Crippen LogP) is 2.56. The van der Waals surface area contributed by atoms with Crippen LogP contribution in [0.2, 0.25) is 0 Å². The first-order valence-electron chi connectivity index (χ1n) is 8.89. The minimum absolute atomic E-state index is 0.0762. The zero-order valence-electron chi connectivity index (χ0n) is 15.4. The summed E-state index contributed by atoms with van der Waals surface area (Å²) < 4.78 is 0. The second-order valence-electron chi connectivity index (χ2n) is 6.97. The van der Waals surface area contributed by atoms with Gasteiger partial charge in [0.2, 0.25) is 5.91 Å². The van der Waals surface area contributed by atoms with Crippen LogP contribution in [-0.2, 0) is 4.79 Å². The van der Waals surface area contributed by atoms with Crippen LogP contribution in [0.25, 0.3) is 0 Å². The first kappa shape index (κ1) is 19.3. The lowest BCUT2D eigenvalue weighted by Crippen LogP contribution is -2.54.